The predicted molar refractivity (Wildman–Crippen MR) is 317 cm³/mol. The molecule has 0 aromatic heterocycles. The molecular formula is C69H118. The standard InChI is InChI=1S/C9H18.3C9H16.C9H14.C8H14.2C8H12/c5*1-9(2)7-5-3-4-6-8-9;3*1-8(2)6-4-3-5-7-8/h3-8H2,1-2H3;5,7H,3-4,6,8H2,1-2H3;3,5H,4,6-8H2,1-2H3;3-4H,5-8H2,1-2H3;3-5,7H,6,8H2,1-2H3;3-4H,5-7H2,1-2H3;4-7H,3H2,1-2H3;3-6H,7H2,1-2H3. The molecule has 0 bridgehead atoms. The third-order valence-electron chi connectivity index (χ3n) is 15.1. The van der Waals surface area contributed by atoms with E-state index in [1.807, 2.05) is 0 Å². The summed E-state index contributed by atoms with van der Waals surface area (Å²) in [5, 5.41) is 0. The van der Waals surface area contributed by atoms with Gasteiger partial charge in [-0.15, -0.1) is 0 Å². The van der Waals surface area contributed by atoms with Gasteiger partial charge >= 0.3 is 0 Å². The van der Waals surface area contributed by atoms with Crippen LogP contribution < -0.4 is 0 Å². The van der Waals surface area contributed by atoms with Gasteiger partial charge in [-0.2, -0.15) is 0 Å². The van der Waals surface area contributed by atoms with Crippen LogP contribution in [-0.4, -0.2) is 0 Å². The van der Waals surface area contributed by atoms with Crippen molar-refractivity contribution in [2.45, 2.75) is 271 Å². The van der Waals surface area contributed by atoms with Crippen LogP contribution in [0.4, 0.5) is 0 Å². The molecule has 0 heteroatoms. The van der Waals surface area contributed by atoms with Crippen LogP contribution in [0.1, 0.15) is 271 Å². The van der Waals surface area contributed by atoms with Crippen molar-refractivity contribution in [3.8, 4) is 0 Å². The summed E-state index contributed by atoms with van der Waals surface area (Å²) in [4.78, 5) is 0. The van der Waals surface area contributed by atoms with Gasteiger partial charge in [0.25, 0.3) is 0 Å². The fraction of sp³-hybridized carbons (Fsp3) is 0.710. The number of hydrogen-bond donors (Lipinski definition) is 0. The molecule has 394 valence electrons. The molecule has 0 saturated heterocycles. The lowest BCUT2D eigenvalue weighted by Gasteiger charge is -2.24. The Balaban J connectivity index is 0.000000394. The summed E-state index contributed by atoms with van der Waals surface area (Å²) in [7, 11) is 0. The van der Waals surface area contributed by atoms with Crippen LogP contribution in [0.2, 0.25) is 0 Å². The lowest BCUT2D eigenvalue weighted by Crippen LogP contribution is -2.11. The number of allylic oxidation sites excluding steroid dienone is 20. The summed E-state index contributed by atoms with van der Waals surface area (Å²) in [5.74, 6) is 0. The summed E-state index contributed by atoms with van der Waals surface area (Å²) in [5.41, 5.74) is 4.06. The molecule has 0 spiro atoms. The van der Waals surface area contributed by atoms with Gasteiger partial charge in [-0.1, -0.05) is 264 Å². The van der Waals surface area contributed by atoms with E-state index in [1.165, 1.54) is 154 Å². The molecule has 1 saturated carbocycles. The first kappa shape index (κ1) is 64.4. The molecule has 1 fully saturated rings. The predicted octanol–water partition coefficient (Wildman–Crippen LogP) is 23.5. The quantitative estimate of drug-likeness (QED) is 0.168. The fourth-order valence-electron chi connectivity index (χ4n) is 9.48. The average Bonchev–Trinajstić information content (AvgIpc) is 3.84. The number of rotatable bonds is 0. The minimum absolute atomic E-state index is 0.318. The molecule has 0 amide bonds. The molecular weight excluding hydrogens is 829 g/mol. The van der Waals surface area contributed by atoms with Crippen LogP contribution in [-0.2, 0) is 0 Å². The monoisotopic (exact) mass is 947 g/mol. The van der Waals surface area contributed by atoms with Gasteiger partial charge in [0, 0.05) is 5.41 Å². The van der Waals surface area contributed by atoms with Crippen molar-refractivity contribution in [1.82, 2.24) is 0 Å². The van der Waals surface area contributed by atoms with Gasteiger partial charge in [0.15, 0.2) is 0 Å². The second-order valence-electron chi connectivity index (χ2n) is 27.7. The third kappa shape index (κ3) is 38.7. The Kier molecular flexibility index (Phi) is 31.0. The molecule has 8 aliphatic rings. The van der Waals surface area contributed by atoms with Gasteiger partial charge in [-0.25, -0.2) is 0 Å². The maximum absolute atomic E-state index is 2.40. The maximum atomic E-state index is 2.40. The van der Waals surface area contributed by atoms with Crippen LogP contribution in [0.25, 0.3) is 0 Å². The Morgan fingerprint density at radius 1 is 0.232 bits per heavy atom. The fourth-order valence-corrected chi connectivity index (χ4v) is 9.48. The van der Waals surface area contributed by atoms with Crippen LogP contribution in [0.3, 0.4) is 0 Å². The smallest absolute Gasteiger partial charge is 0.000462 e. The normalized spacial score (nSPS) is 25.2. The Bertz CT molecular complexity index is 1600. The van der Waals surface area contributed by atoms with Gasteiger partial charge in [-0.3, -0.25) is 0 Å². The van der Waals surface area contributed by atoms with Crippen LogP contribution in [0, 0.1) is 43.3 Å². The van der Waals surface area contributed by atoms with E-state index in [1.54, 1.807) is 0 Å². The van der Waals surface area contributed by atoms with Crippen molar-refractivity contribution in [3.05, 3.63) is 122 Å². The molecule has 8 aliphatic carbocycles. The SMILES string of the molecule is CC1(C)C=CC=CC1.CC1(C)C=CC=CCC1.CC1(C)C=CCC=C1.CC1(C)C=CCCCC1.CC1(C)CC=CCC1.CC1(C)CC=CCCC1.CC1(C)CCC=CCC1.CC1(C)CCCCCC1. The second-order valence-corrected chi connectivity index (χ2v) is 27.7. The first-order valence-corrected chi connectivity index (χ1v) is 28.8. The largest absolute Gasteiger partial charge is 0.0885 e. The van der Waals surface area contributed by atoms with Gasteiger partial charge in [-0.05, 0) is 166 Å². The molecule has 0 radical (unpaired) electrons. The summed E-state index contributed by atoms with van der Waals surface area (Å²) < 4.78 is 0. The van der Waals surface area contributed by atoms with Crippen LogP contribution >= 0.6 is 0 Å². The molecule has 0 unspecified atom stereocenters. The first-order valence-electron chi connectivity index (χ1n) is 28.8. The zero-order chi connectivity index (χ0) is 51.8. The van der Waals surface area contributed by atoms with Crippen molar-refractivity contribution < 1.29 is 0 Å². The molecule has 69 heavy (non-hydrogen) atoms. The van der Waals surface area contributed by atoms with Gasteiger partial charge in [0.05, 0.1) is 0 Å². The first-order chi connectivity index (χ1) is 32.2. The highest BCUT2D eigenvalue weighted by atomic mass is 14.3. The van der Waals surface area contributed by atoms with Crippen LogP contribution in [0.15, 0.2) is 122 Å². The van der Waals surface area contributed by atoms with E-state index < -0.39 is 0 Å². The molecule has 0 N–H and O–H groups in total. The number of hydrogen-bond acceptors (Lipinski definition) is 0. The van der Waals surface area contributed by atoms with E-state index in [-0.39, 0.29) is 0 Å². The van der Waals surface area contributed by atoms with E-state index in [4.69, 9.17) is 0 Å². The second kappa shape index (κ2) is 33.2. The third-order valence-corrected chi connectivity index (χ3v) is 15.1. The molecule has 0 aromatic rings. The zero-order valence-corrected chi connectivity index (χ0v) is 49.2. The van der Waals surface area contributed by atoms with Crippen molar-refractivity contribution in [3.63, 3.8) is 0 Å². The van der Waals surface area contributed by atoms with Gasteiger partial charge in [0.2, 0.25) is 0 Å². The lowest BCUT2D eigenvalue weighted by atomic mass is 9.81. The highest BCUT2D eigenvalue weighted by molar-refractivity contribution is 5.15. The summed E-state index contributed by atoms with van der Waals surface area (Å²) in [6.07, 6.45) is 78.5. The summed E-state index contributed by atoms with van der Waals surface area (Å²) >= 11 is 0. The van der Waals surface area contributed by atoms with Crippen molar-refractivity contribution in [2.24, 2.45) is 43.3 Å². The van der Waals surface area contributed by atoms with Crippen LogP contribution in [0.5, 0.6) is 0 Å². The van der Waals surface area contributed by atoms with E-state index in [2.05, 4.69) is 232 Å². The van der Waals surface area contributed by atoms with Gasteiger partial charge < -0.3 is 0 Å². The molecule has 0 aromatic carbocycles. The lowest BCUT2D eigenvalue weighted by molar-refractivity contribution is 0.314. The van der Waals surface area contributed by atoms with Gasteiger partial charge in [0.1, 0.15) is 0 Å². The topological polar surface area (TPSA) is 0 Å². The molecule has 8 rings (SSSR count). The van der Waals surface area contributed by atoms with Crippen molar-refractivity contribution in [2.75, 3.05) is 0 Å². The molecule has 0 aliphatic heterocycles. The Morgan fingerprint density at radius 2 is 0.652 bits per heavy atom. The maximum Gasteiger partial charge on any atom is 0.000462 e. The zero-order valence-electron chi connectivity index (χ0n) is 49.2. The molecule has 0 nitrogen and oxygen atoms in total. The van der Waals surface area contributed by atoms with Crippen molar-refractivity contribution in [1.29, 1.82) is 0 Å². The summed E-state index contributed by atoms with van der Waals surface area (Å²) in [6, 6.07) is 0. The van der Waals surface area contributed by atoms with E-state index in [0.717, 1.165) is 6.42 Å². The molecule has 0 heterocycles. The highest BCUT2D eigenvalue weighted by Crippen LogP contribution is 2.35. The van der Waals surface area contributed by atoms with Crippen molar-refractivity contribution >= 4 is 0 Å². The van der Waals surface area contributed by atoms with E-state index >= 15 is 0 Å². The Morgan fingerprint density at radius 3 is 1.16 bits per heavy atom. The Labute approximate surface area is 434 Å². The van der Waals surface area contributed by atoms with E-state index in [9.17, 15) is 0 Å². The summed E-state index contributed by atoms with van der Waals surface area (Å²) in [6.45, 7) is 37.0. The minimum atomic E-state index is 0.318. The molecule has 0 atom stereocenters. The Hall–Kier alpha value is -2.60. The highest BCUT2D eigenvalue weighted by Gasteiger charge is 2.20. The average molecular weight is 948 g/mol. The minimum Gasteiger partial charge on any atom is -0.0885 e. The van der Waals surface area contributed by atoms with E-state index in [0.29, 0.717) is 43.3 Å².